The molecule has 0 aliphatic carbocycles. The normalized spacial score (nSPS) is 17.4. The number of nitrogens with one attached hydrogen (secondary N) is 2. The number of ether oxygens (including phenoxy) is 1. The number of benzene rings is 1. The lowest BCUT2D eigenvalue weighted by Gasteiger charge is -2.32. The number of hydrogen-bond donors (Lipinski definition) is 2. The van der Waals surface area contributed by atoms with Gasteiger partial charge in [0.2, 0.25) is 5.91 Å². The van der Waals surface area contributed by atoms with E-state index in [4.69, 9.17) is 4.74 Å². The quantitative estimate of drug-likeness (QED) is 0.865. The Balaban J connectivity index is 1.92. The lowest BCUT2D eigenvalue weighted by Crippen LogP contribution is -2.50. The van der Waals surface area contributed by atoms with Gasteiger partial charge in [0.1, 0.15) is 11.8 Å². The summed E-state index contributed by atoms with van der Waals surface area (Å²) in [5.74, 6) is 0.381. The lowest BCUT2D eigenvalue weighted by atomic mass is 9.97. The molecule has 1 aromatic carbocycles. The zero-order chi connectivity index (χ0) is 19.4. The number of urea groups is 1. The molecule has 2 atom stereocenters. The fraction of sp³-hybridized carbons (Fsp3) is 0.350. The minimum absolute atomic E-state index is 0.00787. The molecule has 1 aliphatic rings. The van der Waals surface area contributed by atoms with E-state index >= 15 is 0 Å². The van der Waals surface area contributed by atoms with E-state index in [-0.39, 0.29) is 17.9 Å². The van der Waals surface area contributed by atoms with Gasteiger partial charge in [-0.1, -0.05) is 38.5 Å². The monoisotopic (exact) mass is 368 g/mol. The van der Waals surface area contributed by atoms with Crippen molar-refractivity contribution in [2.75, 3.05) is 17.7 Å². The predicted molar refractivity (Wildman–Crippen MR) is 104 cm³/mol. The summed E-state index contributed by atoms with van der Waals surface area (Å²) in [6.07, 6.45) is 3.89. The Morgan fingerprint density at radius 3 is 2.93 bits per heavy atom. The van der Waals surface area contributed by atoms with E-state index < -0.39 is 6.04 Å². The Morgan fingerprint density at radius 2 is 2.19 bits per heavy atom. The topological polar surface area (TPSA) is 83.6 Å². The van der Waals surface area contributed by atoms with Crippen molar-refractivity contribution in [1.82, 2.24) is 9.88 Å². The molecule has 0 saturated carbocycles. The highest BCUT2D eigenvalue weighted by Crippen LogP contribution is 2.28. The number of aromatic nitrogens is 1. The third-order valence-electron chi connectivity index (χ3n) is 4.86. The molecule has 3 amide bonds. The molecule has 1 aromatic heterocycles. The molecule has 7 heteroatoms. The molecule has 0 saturated heterocycles. The molecule has 0 spiro atoms. The van der Waals surface area contributed by atoms with E-state index in [0.717, 1.165) is 17.7 Å². The van der Waals surface area contributed by atoms with Gasteiger partial charge in [0, 0.05) is 11.8 Å². The third kappa shape index (κ3) is 4.02. The summed E-state index contributed by atoms with van der Waals surface area (Å²) in [5.41, 5.74) is 2.16. The van der Waals surface area contributed by atoms with Gasteiger partial charge in [-0.25, -0.2) is 4.79 Å². The number of carbonyl (C=O) groups is 2. The zero-order valence-electron chi connectivity index (χ0n) is 15.7. The fourth-order valence-corrected chi connectivity index (χ4v) is 3.19. The van der Waals surface area contributed by atoms with Gasteiger partial charge in [-0.2, -0.15) is 0 Å². The minimum atomic E-state index is -0.569. The van der Waals surface area contributed by atoms with Gasteiger partial charge in [-0.15, -0.1) is 0 Å². The highest BCUT2D eigenvalue weighted by molar-refractivity contribution is 6.00. The van der Waals surface area contributed by atoms with Crippen molar-refractivity contribution in [3.8, 4) is 5.75 Å². The number of para-hydroxylation sites is 1. The van der Waals surface area contributed by atoms with E-state index in [0.29, 0.717) is 18.0 Å². The van der Waals surface area contributed by atoms with E-state index in [9.17, 15) is 9.59 Å². The first-order chi connectivity index (χ1) is 13.0. The maximum Gasteiger partial charge on any atom is 0.322 e. The Kier molecular flexibility index (Phi) is 5.59. The highest BCUT2D eigenvalue weighted by Gasteiger charge is 2.36. The molecule has 27 heavy (non-hydrogen) atoms. The van der Waals surface area contributed by atoms with Crippen LogP contribution >= 0.6 is 0 Å². The van der Waals surface area contributed by atoms with Crippen LogP contribution in [0.15, 0.2) is 42.7 Å². The summed E-state index contributed by atoms with van der Waals surface area (Å²) in [7, 11) is 1.54. The van der Waals surface area contributed by atoms with Gasteiger partial charge in [-0.3, -0.25) is 9.78 Å². The fourth-order valence-electron chi connectivity index (χ4n) is 3.19. The Bertz CT molecular complexity index is 839. The van der Waals surface area contributed by atoms with Crippen molar-refractivity contribution < 1.29 is 14.3 Å². The molecule has 0 bridgehead atoms. The van der Waals surface area contributed by atoms with E-state index in [1.165, 1.54) is 7.11 Å². The Morgan fingerprint density at radius 1 is 1.41 bits per heavy atom. The maximum absolute atomic E-state index is 13.1. The highest BCUT2D eigenvalue weighted by atomic mass is 16.5. The number of methoxy groups -OCH3 is 1. The molecule has 2 N–H and O–H groups in total. The summed E-state index contributed by atoms with van der Waals surface area (Å²) >= 11 is 0. The molecular weight excluding hydrogens is 344 g/mol. The second-order valence-corrected chi connectivity index (χ2v) is 6.65. The SMILES string of the molecule is CC[C@H](C)[C@H]1C(=O)Nc2ccccc2CN1C(=O)Nc1cncc(OC)c1. The zero-order valence-corrected chi connectivity index (χ0v) is 15.7. The summed E-state index contributed by atoms with van der Waals surface area (Å²) in [5, 5.41) is 5.80. The minimum Gasteiger partial charge on any atom is -0.495 e. The van der Waals surface area contributed by atoms with Crippen LogP contribution in [0.25, 0.3) is 0 Å². The Labute approximate surface area is 158 Å². The average Bonchev–Trinajstić information content (AvgIpc) is 2.83. The van der Waals surface area contributed by atoms with Gasteiger partial charge in [0.25, 0.3) is 0 Å². The van der Waals surface area contributed by atoms with Gasteiger partial charge in [0.05, 0.1) is 31.7 Å². The molecule has 0 radical (unpaired) electrons. The van der Waals surface area contributed by atoms with Crippen molar-refractivity contribution in [1.29, 1.82) is 0 Å². The number of carbonyl (C=O) groups excluding carboxylic acids is 2. The molecule has 0 fully saturated rings. The molecule has 3 rings (SSSR count). The number of rotatable bonds is 4. The first kappa shape index (κ1) is 18.7. The summed E-state index contributed by atoms with van der Waals surface area (Å²) in [4.78, 5) is 31.6. The number of anilines is 2. The van der Waals surface area contributed by atoms with Gasteiger partial charge >= 0.3 is 6.03 Å². The first-order valence-electron chi connectivity index (χ1n) is 8.99. The van der Waals surface area contributed by atoms with E-state index in [1.54, 1.807) is 23.4 Å². The predicted octanol–water partition coefficient (Wildman–Crippen LogP) is 3.49. The summed E-state index contributed by atoms with van der Waals surface area (Å²) < 4.78 is 5.15. The molecule has 2 aromatic rings. The number of fused-ring (bicyclic) bond motifs is 1. The number of pyridine rings is 1. The van der Waals surface area contributed by atoms with Crippen molar-refractivity contribution in [2.24, 2.45) is 5.92 Å². The summed E-state index contributed by atoms with van der Waals surface area (Å²) in [6.45, 7) is 4.33. The largest absolute Gasteiger partial charge is 0.495 e. The molecular formula is C20H24N4O3. The van der Waals surface area contributed by atoms with Crippen LogP contribution in [0.2, 0.25) is 0 Å². The molecule has 2 heterocycles. The van der Waals surface area contributed by atoms with Crippen LogP contribution in [0.4, 0.5) is 16.2 Å². The van der Waals surface area contributed by atoms with Gasteiger partial charge < -0.3 is 20.3 Å². The average molecular weight is 368 g/mol. The van der Waals surface area contributed by atoms with Crippen LogP contribution in [-0.2, 0) is 11.3 Å². The molecule has 7 nitrogen and oxygen atoms in total. The van der Waals surface area contributed by atoms with Crippen molar-refractivity contribution >= 4 is 23.3 Å². The van der Waals surface area contributed by atoms with Crippen LogP contribution in [0.5, 0.6) is 5.75 Å². The van der Waals surface area contributed by atoms with E-state index in [2.05, 4.69) is 15.6 Å². The van der Waals surface area contributed by atoms with Gasteiger partial charge in [0.15, 0.2) is 0 Å². The second-order valence-electron chi connectivity index (χ2n) is 6.65. The maximum atomic E-state index is 13.1. The van der Waals surface area contributed by atoms with Crippen LogP contribution < -0.4 is 15.4 Å². The van der Waals surface area contributed by atoms with Crippen molar-refractivity contribution in [3.05, 3.63) is 48.3 Å². The van der Waals surface area contributed by atoms with E-state index in [1.807, 2.05) is 38.1 Å². The second kappa shape index (κ2) is 8.07. The third-order valence-corrected chi connectivity index (χ3v) is 4.86. The number of nitrogens with zero attached hydrogens (tertiary/aromatic N) is 2. The van der Waals surface area contributed by atoms with Crippen LogP contribution in [0, 0.1) is 5.92 Å². The Hall–Kier alpha value is -3.09. The molecule has 142 valence electrons. The standard InChI is InChI=1S/C20H24N4O3/c1-4-13(2)18-19(25)23-17-8-6-5-7-14(17)12-24(18)20(26)22-15-9-16(27-3)11-21-10-15/h5-11,13,18H,4,12H2,1-3H3,(H,22,26)(H,23,25)/t13-,18-/m0/s1. The van der Waals surface area contributed by atoms with Gasteiger partial charge in [-0.05, 0) is 17.5 Å². The van der Waals surface area contributed by atoms with Crippen molar-refractivity contribution in [2.45, 2.75) is 32.9 Å². The van der Waals surface area contributed by atoms with Crippen molar-refractivity contribution in [3.63, 3.8) is 0 Å². The first-order valence-corrected chi connectivity index (χ1v) is 8.99. The van der Waals surface area contributed by atoms with Crippen LogP contribution in [0.3, 0.4) is 0 Å². The number of hydrogen-bond acceptors (Lipinski definition) is 4. The molecule has 1 aliphatic heterocycles. The number of amides is 3. The smallest absolute Gasteiger partial charge is 0.322 e. The lowest BCUT2D eigenvalue weighted by molar-refractivity contribution is -0.121. The van der Waals surface area contributed by atoms with Crippen LogP contribution in [-0.4, -0.2) is 35.0 Å². The molecule has 0 unspecified atom stereocenters. The van der Waals surface area contributed by atoms with Crippen LogP contribution in [0.1, 0.15) is 25.8 Å². The summed E-state index contributed by atoms with van der Waals surface area (Å²) in [6, 6.07) is 8.32.